The Balaban J connectivity index is 1.42. The number of hydrogen-bond donors (Lipinski definition) is 2. The minimum absolute atomic E-state index is 0.202. The highest BCUT2D eigenvalue weighted by Crippen LogP contribution is 2.33. The topological polar surface area (TPSA) is 90.3 Å². The summed E-state index contributed by atoms with van der Waals surface area (Å²) in [6, 6.07) is 25.0. The molecule has 1 unspecified atom stereocenters. The SMILES string of the molecule is COc1ccc(C2C=C(c3ccccc3)Nc3nc(NC(=O)C=Cc4ccccc4OC)nn32)cc1. The molecule has 5 rings (SSSR count). The Bertz CT molecular complexity index is 1430. The van der Waals surface area contributed by atoms with E-state index in [1.54, 1.807) is 25.0 Å². The van der Waals surface area contributed by atoms with Gasteiger partial charge >= 0.3 is 0 Å². The Labute approximate surface area is 208 Å². The maximum atomic E-state index is 12.6. The van der Waals surface area contributed by atoms with Crippen molar-refractivity contribution in [2.45, 2.75) is 6.04 Å². The van der Waals surface area contributed by atoms with Gasteiger partial charge in [0.2, 0.25) is 5.95 Å². The number of methoxy groups -OCH3 is 2. The number of allylic oxidation sites excluding steroid dienone is 1. The maximum absolute atomic E-state index is 12.6. The molecule has 1 aliphatic rings. The zero-order valence-corrected chi connectivity index (χ0v) is 19.9. The first kappa shape index (κ1) is 22.9. The lowest BCUT2D eigenvalue weighted by Crippen LogP contribution is -2.20. The molecule has 2 heterocycles. The van der Waals surface area contributed by atoms with Gasteiger partial charge in [-0.3, -0.25) is 10.1 Å². The number of anilines is 2. The van der Waals surface area contributed by atoms with Gasteiger partial charge in [-0.05, 0) is 41.5 Å². The fourth-order valence-electron chi connectivity index (χ4n) is 3.99. The van der Waals surface area contributed by atoms with Gasteiger partial charge in [-0.2, -0.15) is 4.98 Å². The molecule has 0 saturated heterocycles. The summed E-state index contributed by atoms with van der Waals surface area (Å²) in [4.78, 5) is 17.2. The first-order valence-corrected chi connectivity index (χ1v) is 11.4. The Kier molecular flexibility index (Phi) is 6.48. The largest absolute Gasteiger partial charge is 0.497 e. The van der Waals surface area contributed by atoms with Crippen LogP contribution < -0.4 is 20.1 Å². The Morgan fingerprint density at radius 2 is 1.72 bits per heavy atom. The molecule has 8 heteroatoms. The third kappa shape index (κ3) is 4.83. The Hall–Kier alpha value is -4.85. The molecule has 8 nitrogen and oxygen atoms in total. The van der Waals surface area contributed by atoms with Crippen molar-refractivity contribution in [3.8, 4) is 11.5 Å². The van der Waals surface area contributed by atoms with Crippen LogP contribution in [0.3, 0.4) is 0 Å². The molecule has 1 aromatic heterocycles. The summed E-state index contributed by atoms with van der Waals surface area (Å²) in [5, 5.41) is 10.7. The molecule has 4 aromatic rings. The van der Waals surface area contributed by atoms with Crippen molar-refractivity contribution < 1.29 is 14.3 Å². The van der Waals surface area contributed by atoms with Gasteiger partial charge in [-0.1, -0.05) is 60.7 Å². The predicted octanol–water partition coefficient (Wildman–Crippen LogP) is 5.00. The summed E-state index contributed by atoms with van der Waals surface area (Å²) in [6.07, 6.45) is 5.21. The number of nitrogens with zero attached hydrogens (tertiary/aromatic N) is 3. The molecule has 0 saturated carbocycles. The van der Waals surface area contributed by atoms with Crippen molar-refractivity contribution in [3.05, 3.63) is 108 Å². The average Bonchev–Trinajstić information content (AvgIpc) is 3.34. The first-order chi connectivity index (χ1) is 17.6. The highest BCUT2D eigenvalue weighted by Gasteiger charge is 2.25. The molecule has 0 spiro atoms. The second kappa shape index (κ2) is 10.2. The molecule has 1 aliphatic heterocycles. The summed E-state index contributed by atoms with van der Waals surface area (Å²) in [5.41, 5.74) is 3.73. The normalized spacial score (nSPS) is 14.5. The highest BCUT2D eigenvalue weighted by molar-refractivity contribution is 6.01. The van der Waals surface area contributed by atoms with Crippen LogP contribution in [-0.4, -0.2) is 34.9 Å². The van der Waals surface area contributed by atoms with Crippen molar-refractivity contribution in [1.82, 2.24) is 14.8 Å². The van der Waals surface area contributed by atoms with Crippen LogP contribution in [0.25, 0.3) is 11.8 Å². The van der Waals surface area contributed by atoms with E-state index in [4.69, 9.17) is 9.47 Å². The molecular formula is C28H25N5O3. The number of carbonyl (C=O) groups excluding carboxylic acids is 1. The molecule has 0 fully saturated rings. The van der Waals surface area contributed by atoms with E-state index in [9.17, 15) is 4.79 Å². The number of ether oxygens (including phenoxy) is 2. The molecule has 1 amide bonds. The van der Waals surface area contributed by atoms with Crippen LogP contribution in [0, 0.1) is 0 Å². The Morgan fingerprint density at radius 3 is 2.47 bits per heavy atom. The van der Waals surface area contributed by atoms with Gasteiger partial charge in [-0.25, -0.2) is 4.68 Å². The number of carbonyl (C=O) groups is 1. The van der Waals surface area contributed by atoms with Gasteiger partial charge in [0.05, 0.1) is 14.2 Å². The van der Waals surface area contributed by atoms with E-state index in [-0.39, 0.29) is 17.9 Å². The summed E-state index contributed by atoms with van der Waals surface area (Å²) in [5.74, 6) is 1.84. The van der Waals surface area contributed by atoms with Crippen molar-refractivity contribution in [1.29, 1.82) is 0 Å². The van der Waals surface area contributed by atoms with Crippen LogP contribution in [0.4, 0.5) is 11.9 Å². The zero-order valence-electron chi connectivity index (χ0n) is 19.9. The number of fused-ring (bicyclic) bond motifs is 1. The fraction of sp³-hybridized carbons (Fsp3) is 0.107. The molecule has 1 atom stereocenters. The number of amides is 1. The van der Waals surface area contributed by atoms with Crippen LogP contribution >= 0.6 is 0 Å². The summed E-state index contributed by atoms with van der Waals surface area (Å²) in [7, 11) is 3.23. The zero-order chi connectivity index (χ0) is 24.9. The van der Waals surface area contributed by atoms with E-state index < -0.39 is 0 Å². The molecule has 0 radical (unpaired) electrons. The summed E-state index contributed by atoms with van der Waals surface area (Å²) >= 11 is 0. The lowest BCUT2D eigenvalue weighted by molar-refractivity contribution is -0.111. The van der Waals surface area contributed by atoms with Crippen LogP contribution in [0.1, 0.15) is 22.7 Å². The van der Waals surface area contributed by atoms with Crippen LogP contribution in [-0.2, 0) is 4.79 Å². The molecule has 36 heavy (non-hydrogen) atoms. The molecule has 0 aliphatic carbocycles. The van der Waals surface area contributed by atoms with E-state index in [1.807, 2.05) is 78.9 Å². The average molecular weight is 480 g/mol. The van der Waals surface area contributed by atoms with Crippen molar-refractivity contribution in [2.75, 3.05) is 24.9 Å². The van der Waals surface area contributed by atoms with Crippen LogP contribution in [0.5, 0.6) is 11.5 Å². The predicted molar refractivity (Wildman–Crippen MR) is 140 cm³/mol. The van der Waals surface area contributed by atoms with Gasteiger partial charge in [0.1, 0.15) is 17.5 Å². The van der Waals surface area contributed by atoms with Crippen molar-refractivity contribution in [3.63, 3.8) is 0 Å². The highest BCUT2D eigenvalue weighted by atomic mass is 16.5. The van der Waals surface area contributed by atoms with E-state index in [0.29, 0.717) is 11.7 Å². The second-order valence-corrected chi connectivity index (χ2v) is 8.06. The Morgan fingerprint density at radius 1 is 0.972 bits per heavy atom. The molecule has 0 bridgehead atoms. The monoisotopic (exact) mass is 479 g/mol. The summed E-state index contributed by atoms with van der Waals surface area (Å²) < 4.78 is 12.4. The number of rotatable bonds is 7. The quantitative estimate of drug-likeness (QED) is 0.363. The maximum Gasteiger partial charge on any atom is 0.250 e. The first-order valence-electron chi connectivity index (χ1n) is 11.4. The number of benzene rings is 3. The van der Waals surface area contributed by atoms with Gasteiger partial charge < -0.3 is 14.8 Å². The second-order valence-electron chi connectivity index (χ2n) is 8.06. The van der Waals surface area contributed by atoms with E-state index in [2.05, 4.69) is 26.8 Å². The number of hydrogen-bond acceptors (Lipinski definition) is 6. The van der Waals surface area contributed by atoms with Crippen molar-refractivity contribution >= 4 is 29.6 Å². The van der Waals surface area contributed by atoms with Crippen molar-refractivity contribution in [2.24, 2.45) is 0 Å². The molecule has 180 valence electrons. The molecule has 2 N–H and O–H groups in total. The van der Waals surface area contributed by atoms with E-state index in [0.717, 1.165) is 28.1 Å². The number of aromatic nitrogens is 3. The smallest absolute Gasteiger partial charge is 0.250 e. The number of para-hydroxylation sites is 1. The van der Waals surface area contributed by atoms with Crippen LogP contribution in [0.15, 0.2) is 91.0 Å². The standard InChI is InChI=1S/C28H25N5O3/c1-35-22-15-12-20(13-16-22)24-18-23(19-8-4-3-5-9-19)29-28-31-27(32-33(24)28)30-26(34)17-14-21-10-6-7-11-25(21)36-2/h3-18,24H,1-2H3,(H2,29,30,31,32,34). The van der Waals surface area contributed by atoms with Gasteiger partial charge in [0.15, 0.2) is 0 Å². The van der Waals surface area contributed by atoms with Gasteiger partial charge in [0.25, 0.3) is 11.9 Å². The third-order valence-electron chi connectivity index (χ3n) is 5.80. The molecule has 3 aromatic carbocycles. The minimum atomic E-state index is -0.346. The third-order valence-corrected chi connectivity index (χ3v) is 5.80. The number of nitrogens with one attached hydrogen (secondary N) is 2. The van der Waals surface area contributed by atoms with Gasteiger partial charge in [0, 0.05) is 17.3 Å². The lowest BCUT2D eigenvalue weighted by Gasteiger charge is -2.24. The summed E-state index contributed by atoms with van der Waals surface area (Å²) in [6.45, 7) is 0. The minimum Gasteiger partial charge on any atom is -0.497 e. The lowest BCUT2D eigenvalue weighted by atomic mass is 10.0. The fourth-order valence-corrected chi connectivity index (χ4v) is 3.99. The van der Waals surface area contributed by atoms with E-state index in [1.165, 1.54) is 6.08 Å². The van der Waals surface area contributed by atoms with Crippen LogP contribution in [0.2, 0.25) is 0 Å². The van der Waals surface area contributed by atoms with Gasteiger partial charge in [-0.15, -0.1) is 5.10 Å². The van der Waals surface area contributed by atoms with E-state index >= 15 is 0 Å². The molecular weight excluding hydrogens is 454 g/mol.